The van der Waals surface area contributed by atoms with Crippen molar-refractivity contribution in [2.75, 3.05) is 11.1 Å². The molecule has 0 bridgehead atoms. The van der Waals surface area contributed by atoms with Crippen molar-refractivity contribution in [1.82, 2.24) is 10.1 Å². The maximum atomic E-state index is 11.8. The molecule has 0 saturated heterocycles. The Balaban J connectivity index is 2.17. The van der Waals surface area contributed by atoms with Gasteiger partial charge in [-0.05, 0) is 41.1 Å². The number of hydrogen-bond acceptors (Lipinski definition) is 5. The fourth-order valence-corrected chi connectivity index (χ4v) is 1.45. The van der Waals surface area contributed by atoms with E-state index in [-0.39, 0.29) is 11.9 Å². The number of benzene rings is 1. The number of nitrogens with two attached hydrogens (primary N) is 1. The van der Waals surface area contributed by atoms with E-state index >= 15 is 0 Å². The number of nitrogen functional groups attached to an aromatic ring is 1. The molecule has 0 aliphatic heterocycles. The minimum atomic E-state index is -0.354. The van der Waals surface area contributed by atoms with Gasteiger partial charge in [0, 0.05) is 15.7 Å². The fourth-order valence-electron chi connectivity index (χ4n) is 1.20. The average Bonchev–Trinajstić information content (AvgIpc) is 2.68. The monoisotopic (exact) mass is 296 g/mol. The fraction of sp³-hybridized carbons (Fsp3) is 0.100. The molecule has 88 valence electrons. The van der Waals surface area contributed by atoms with Crippen molar-refractivity contribution < 1.29 is 9.32 Å². The smallest absolute Gasteiger partial charge is 0.328 e. The summed E-state index contributed by atoms with van der Waals surface area (Å²) in [6.07, 6.45) is 0. The van der Waals surface area contributed by atoms with Crippen LogP contribution in [0.3, 0.4) is 0 Å². The Morgan fingerprint density at radius 1 is 1.53 bits per heavy atom. The van der Waals surface area contributed by atoms with Crippen LogP contribution in [0.1, 0.15) is 16.2 Å². The average molecular weight is 297 g/mol. The number of aromatic nitrogens is 2. The number of carbonyl (C=O) groups is 1. The van der Waals surface area contributed by atoms with E-state index in [2.05, 4.69) is 31.4 Å². The topological polar surface area (TPSA) is 94.0 Å². The lowest BCUT2D eigenvalue weighted by atomic mass is 10.2. The van der Waals surface area contributed by atoms with Crippen molar-refractivity contribution in [3.05, 3.63) is 34.1 Å². The molecular weight excluding hydrogens is 288 g/mol. The standard InChI is InChI=1S/C10H9BrN4O2/c1-5-13-10(17-15-5)14-9(16)6-2-3-7(11)8(12)4-6/h2-4H,12H2,1H3,(H,13,14,15,16). The summed E-state index contributed by atoms with van der Waals surface area (Å²) in [5.41, 5.74) is 6.58. The van der Waals surface area contributed by atoms with E-state index in [9.17, 15) is 4.79 Å². The molecule has 7 heteroatoms. The van der Waals surface area contributed by atoms with Gasteiger partial charge in [0.15, 0.2) is 5.82 Å². The van der Waals surface area contributed by atoms with Gasteiger partial charge in [-0.15, -0.1) is 0 Å². The summed E-state index contributed by atoms with van der Waals surface area (Å²) >= 11 is 3.25. The van der Waals surface area contributed by atoms with Gasteiger partial charge >= 0.3 is 6.01 Å². The zero-order valence-electron chi connectivity index (χ0n) is 8.90. The second kappa shape index (κ2) is 4.54. The Hall–Kier alpha value is -1.89. The van der Waals surface area contributed by atoms with Gasteiger partial charge in [0.05, 0.1) is 0 Å². The number of aryl methyl sites for hydroxylation is 1. The highest BCUT2D eigenvalue weighted by atomic mass is 79.9. The predicted molar refractivity (Wildman–Crippen MR) is 65.5 cm³/mol. The van der Waals surface area contributed by atoms with Crippen LogP contribution in [-0.4, -0.2) is 16.0 Å². The van der Waals surface area contributed by atoms with Gasteiger partial charge in [0.2, 0.25) is 0 Å². The first kappa shape index (κ1) is 11.6. The Morgan fingerprint density at radius 2 is 2.29 bits per heavy atom. The van der Waals surface area contributed by atoms with E-state index < -0.39 is 0 Å². The molecule has 0 aliphatic carbocycles. The summed E-state index contributed by atoms with van der Waals surface area (Å²) in [5, 5.41) is 6.04. The van der Waals surface area contributed by atoms with Gasteiger partial charge in [-0.1, -0.05) is 5.16 Å². The van der Waals surface area contributed by atoms with E-state index in [4.69, 9.17) is 10.3 Å². The van der Waals surface area contributed by atoms with Gasteiger partial charge in [0.25, 0.3) is 5.91 Å². The van der Waals surface area contributed by atoms with Crippen molar-refractivity contribution in [2.24, 2.45) is 0 Å². The van der Waals surface area contributed by atoms with Crippen molar-refractivity contribution >= 4 is 33.5 Å². The maximum absolute atomic E-state index is 11.8. The van der Waals surface area contributed by atoms with Crippen LogP contribution in [0.2, 0.25) is 0 Å². The summed E-state index contributed by atoms with van der Waals surface area (Å²) in [4.78, 5) is 15.6. The highest BCUT2D eigenvalue weighted by molar-refractivity contribution is 9.10. The third kappa shape index (κ3) is 2.62. The minimum absolute atomic E-state index is 0.0639. The quantitative estimate of drug-likeness (QED) is 0.826. The third-order valence-corrected chi connectivity index (χ3v) is 2.73. The van der Waals surface area contributed by atoms with Crippen LogP contribution >= 0.6 is 15.9 Å². The molecule has 0 radical (unpaired) electrons. The second-order valence-corrected chi connectivity index (χ2v) is 4.19. The molecule has 2 rings (SSSR count). The Labute approximate surface area is 105 Å². The van der Waals surface area contributed by atoms with Crippen molar-refractivity contribution in [3.63, 3.8) is 0 Å². The molecule has 1 amide bonds. The summed E-state index contributed by atoms with van der Waals surface area (Å²) in [5.74, 6) is 0.100. The van der Waals surface area contributed by atoms with E-state index in [1.165, 1.54) is 0 Å². The van der Waals surface area contributed by atoms with Gasteiger partial charge in [-0.2, -0.15) is 4.98 Å². The maximum Gasteiger partial charge on any atom is 0.328 e. The van der Waals surface area contributed by atoms with Crippen LogP contribution < -0.4 is 11.1 Å². The molecule has 17 heavy (non-hydrogen) atoms. The molecule has 1 aromatic carbocycles. The van der Waals surface area contributed by atoms with E-state index in [1.807, 2.05) is 0 Å². The van der Waals surface area contributed by atoms with Crippen molar-refractivity contribution in [2.45, 2.75) is 6.92 Å². The molecule has 2 aromatic rings. The number of halogens is 1. The first-order valence-electron chi connectivity index (χ1n) is 4.73. The molecule has 0 spiro atoms. The number of amides is 1. The van der Waals surface area contributed by atoms with Gasteiger partial charge in [-0.25, -0.2) is 0 Å². The summed E-state index contributed by atoms with van der Waals surface area (Å²) in [6.45, 7) is 1.66. The first-order chi connectivity index (χ1) is 8.06. The molecule has 0 fully saturated rings. The Morgan fingerprint density at radius 3 is 2.88 bits per heavy atom. The van der Waals surface area contributed by atoms with Crippen LogP contribution in [-0.2, 0) is 0 Å². The lowest BCUT2D eigenvalue weighted by Crippen LogP contribution is -2.12. The van der Waals surface area contributed by atoms with Gasteiger partial charge in [-0.3, -0.25) is 10.1 Å². The summed E-state index contributed by atoms with van der Waals surface area (Å²) < 4.78 is 5.52. The first-order valence-corrected chi connectivity index (χ1v) is 5.52. The van der Waals surface area contributed by atoms with Crippen LogP contribution in [0.4, 0.5) is 11.7 Å². The molecule has 3 N–H and O–H groups in total. The zero-order chi connectivity index (χ0) is 12.4. The highest BCUT2D eigenvalue weighted by Gasteiger charge is 2.11. The van der Waals surface area contributed by atoms with E-state index in [0.29, 0.717) is 17.1 Å². The molecule has 6 nitrogen and oxygen atoms in total. The van der Waals surface area contributed by atoms with Crippen LogP contribution in [0.15, 0.2) is 27.2 Å². The van der Waals surface area contributed by atoms with E-state index in [0.717, 1.165) is 4.47 Å². The lowest BCUT2D eigenvalue weighted by molar-refractivity contribution is 0.102. The molecule has 1 heterocycles. The largest absolute Gasteiger partial charge is 0.398 e. The number of nitrogens with zero attached hydrogens (tertiary/aromatic N) is 2. The van der Waals surface area contributed by atoms with Gasteiger partial charge in [0.1, 0.15) is 0 Å². The highest BCUT2D eigenvalue weighted by Crippen LogP contribution is 2.20. The van der Waals surface area contributed by atoms with Crippen molar-refractivity contribution in [3.8, 4) is 0 Å². The molecule has 0 saturated carbocycles. The number of carbonyl (C=O) groups excluding carboxylic acids is 1. The number of rotatable bonds is 2. The number of hydrogen-bond donors (Lipinski definition) is 2. The number of anilines is 2. The van der Waals surface area contributed by atoms with Crippen molar-refractivity contribution in [1.29, 1.82) is 0 Å². The van der Waals surface area contributed by atoms with Crippen LogP contribution in [0.25, 0.3) is 0 Å². The van der Waals surface area contributed by atoms with Crippen LogP contribution in [0.5, 0.6) is 0 Å². The van der Waals surface area contributed by atoms with Crippen LogP contribution in [0, 0.1) is 6.92 Å². The second-order valence-electron chi connectivity index (χ2n) is 3.34. The number of nitrogens with one attached hydrogen (secondary N) is 1. The molecule has 0 aliphatic rings. The minimum Gasteiger partial charge on any atom is -0.398 e. The van der Waals surface area contributed by atoms with Gasteiger partial charge < -0.3 is 10.3 Å². The summed E-state index contributed by atoms with van der Waals surface area (Å²) in [6, 6.07) is 4.96. The molecule has 0 unspecified atom stereocenters. The third-order valence-electron chi connectivity index (χ3n) is 2.01. The molecule has 1 aromatic heterocycles. The summed E-state index contributed by atoms with van der Waals surface area (Å²) in [7, 11) is 0. The molecule has 0 atom stereocenters. The SMILES string of the molecule is Cc1noc(NC(=O)c2ccc(Br)c(N)c2)n1. The predicted octanol–water partition coefficient (Wildman–Crippen LogP) is 1.98. The molecular formula is C10H9BrN4O2. The normalized spacial score (nSPS) is 10.2. The lowest BCUT2D eigenvalue weighted by Gasteiger charge is -2.02. The van der Waals surface area contributed by atoms with E-state index in [1.54, 1.807) is 25.1 Å². The Kier molecular flexibility index (Phi) is 3.10. The Bertz CT molecular complexity index is 567. The zero-order valence-corrected chi connectivity index (χ0v) is 10.5.